The number of nitrogens with one attached hydrogen (secondary N) is 1. The first-order valence-corrected chi connectivity index (χ1v) is 10.9. The molecule has 0 bridgehead atoms. The molecule has 3 aromatic carbocycles. The van der Waals surface area contributed by atoms with Gasteiger partial charge in [-0.2, -0.15) is 0 Å². The molecule has 0 saturated heterocycles. The monoisotopic (exact) mass is 444 g/mol. The molecule has 0 unspecified atom stereocenters. The molecule has 6 nitrogen and oxygen atoms in total. The molecule has 1 heterocycles. The Hall–Kier alpha value is -3.80. The van der Waals surface area contributed by atoms with Crippen molar-refractivity contribution in [3.63, 3.8) is 0 Å². The average molecular weight is 445 g/mol. The maximum absolute atomic E-state index is 13.6. The van der Waals surface area contributed by atoms with E-state index in [1.807, 2.05) is 79.7 Å². The van der Waals surface area contributed by atoms with Crippen LogP contribution in [0.2, 0.25) is 0 Å². The Morgan fingerprint density at radius 2 is 1.76 bits per heavy atom. The van der Waals surface area contributed by atoms with Crippen molar-refractivity contribution in [1.82, 2.24) is 10.2 Å². The summed E-state index contributed by atoms with van der Waals surface area (Å²) in [6.45, 7) is 2.43. The van der Waals surface area contributed by atoms with E-state index in [1.165, 1.54) is 0 Å². The molecule has 1 aliphatic heterocycles. The maximum atomic E-state index is 13.6. The molecule has 0 fully saturated rings. The van der Waals surface area contributed by atoms with Crippen molar-refractivity contribution >= 4 is 11.8 Å². The van der Waals surface area contributed by atoms with Gasteiger partial charge >= 0.3 is 0 Å². The molecule has 0 aromatic heterocycles. The number of amides is 2. The quantitative estimate of drug-likeness (QED) is 0.599. The van der Waals surface area contributed by atoms with Gasteiger partial charge in [-0.05, 0) is 42.3 Å². The Labute approximate surface area is 194 Å². The van der Waals surface area contributed by atoms with E-state index in [0.29, 0.717) is 36.6 Å². The minimum atomic E-state index is -1.06. The zero-order chi connectivity index (χ0) is 23.4. The van der Waals surface area contributed by atoms with Crippen molar-refractivity contribution in [3.05, 3.63) is 95.1 Å². The summed E-state index contributed by atoms with van der Waals surface area (Å²) in [6.07, 6.45) is 0.427. The normalized spacial score (nSPS) is 17.3. The van der Waals surface area contributed by atoms with E-state index in [4.69, 9.17) is 9.47 Å². The molecule has 0 spiro atoms. The summed E-state index contributed by atoms with van der Waals surface area (Å²) in [5.41, 5.74) is 2.22. The van der Waals surface area contributed by atoms with Gasteiger partial charge < -0.3 is 19.7 Å². The van der Waals surface area contributed by atoms with E-state index in [9.17, 15) is 9.59 Å². The topological polar surface area (TPSA) is 67.9 Å². The fraction of sp³-hybridized carbons (Fsp3) is 0.259. The third kappa shape index (κ3) is 4.42. The SMILES string of the molecule is COc1cccc(CN2C(=O)c3ccccc3C[C@]2(C)C(=O)NCc2ccccc2OC)c1. The van der Waals surface area contributed by atoms with Gasteiger partial charge in [-0.25, -0.2) is 0 Å². The smallest absolute Gasteiger partial charge is 0.255 e. The third-order valence-electron chi connectivity index (χ3n) is 6.22. The number of carbonyl (C=O) groups is 2. The van der Waals surface area contributed by atoms with Crippen molar-refractivity contribution in [2.45, 2.75) is 32.0 Å². The first kappa shape index (κ1) is 22.4. The van der Waals surface area contributed by atoms with E-state index >= 15 is 0 Å². The molecule has 0 radical (unpaired) electrons. The van der Waals surface area contributed by atoms with Gasteiger partial charge in [-0.15, -0.1) is 0 Å². The van der Waals surface area contributed by atoms with Crippen LogP contribution >= 0.6 is 0 Å². The van der Waals surface area contributed by atoms with E-state index in [-0.39, 0.29) is 11.8 Å². The minimum Gasteiger partial charge on any atom is -0.497 e. The molecule has 1 N–H and O–H groups in total. The van der Waals surface area contributed by atoms with Crippen molar-refractivity contribution in [1.29, 1.82) is 0 Å². The molecular weight excluding hydrogens is 416 g/mol. The van der Waals surface area contributed by atoms with Crippen LogP contribution in [0, 0.1) is 0 Å². The van der Waals surface area contributed by atoms with Crippen LogP contribution in [-0.4, -0.2) is 36.5 Å². The standard InChI is InChI=1S/C27H28N2O4/c1-27(26(31)28-17-21-11-5-7-14-24(21)33-3)16-20-10-4-6-13-23(20)25(30)29(27)18-19-9-8-12-22(15-19)32-2/h4-15H,16-18H2,1-3H3,(H,28,31)/t27-/m1/s1. The molecular formula is C27H28N2O4. The number of benzene rings is 3. The second-order valence-electron chi connectivity index (χ2n) is 8.35. The number of carbonyl (C=O) groups excluding carboxylic acids is 2. The van der Waals surface area contributed by atoms with Gasteiger partial charge in [-0.1, -0.05) is 48.5 Å². The maximum Gasteiger partial charge on any atom is 0.255 e. The van der Waals surface area contributed by atoms with E-state index in [0.717, 1.165) is 16.7 Å². The summed E-state index contributed by atoms with van der Waals surface area (Å²) < 4.78 is 10.7. The Balaban J connectivity index is 1.65. The summed E-state index contributed by atoms with van der Waals surface area (Å²) in [6, 6.07) is 22.6. The molecule has 0 saturated carbocycles. The fourth-order valence-electron chi connectivity index (χ4n) is 4.34. The lowest BCUT2D eigenvalue weighted by Crippen LogP contribution is -2.62. The molecule has 170 valence electrons. The predicted octanol–water partition coefficient (Wildman–Crippen LogP) is 3.98. The highest BCUT2D eigenvalue weighted by Gasteiger charge is 2.46. The predicted molar refractivity (Wildman–Crippen MR) is 126 cm³/mol. The van der Waals surface area contributed by atoms with Gasteiger partial charge in [0.2, 0.25) is 5.91 Å². The van der Waals surface area contributed by atoms with Crippen molar-refractivity contribution in [2.24, 2.45) is 0 Å². The molecule has 6 heteroatoms. The zero-order valence-corrected chi connectivity index (χ0v) is 19.1. The summed E-state index contributed by atoms with van der Waals surface area (Å²) in [7, 11) is 3.21. The van der Waals surface area contributed by atoms with Crippen LogP contribution in [0.1, 0.15) is 34.0 Å². The van der Waals surface area contributed by atoms with Crippen LogP contribution in [0.3, 0.4) is 0 Å². The van der Waals surface area contributed by atoms with Gasteiger partial charge in [0.15, 0.2) is 0 Å². The van der Waals surface area contributed by atoms with Gasteiger partial charge in [-0.3, -0.25) is 9.59 Å². The van der Waals surface area contributed by atoms with Crippen LogP contribution in [0.15, 0.2) is 72.8 Å². The highest BCUT2D eigenvalue weighted by atomic mass is 16.5. The number of fused-ring (bicyclic) bond motifs is 1. The van der Waals surface area contributed by atoms with Crippen molar-refractivity contribution in [2.75, 3.05) is 14.2 Å². The van der Waals surface area contributed by atoms with Crippen molar-refractivity contribution in [3.8, 4) is 11.5 Å². The van der Waals surface area contributed by atoms with Crippen LogP contribution in [0.5, 0.6) is 11.5 Å². The summed E-state index contributed by atoms with van der Waals surface area (Å²) >= 11 is 0. The average Bonchev–Trinajstić information content (AvgIpc) is 2.85. The van der Waals surface area contributed by atoms with E-state index in [1.54, 1.807) is 19.1 Å². The number of rotatable bonds is 7. The van der Waals surface area contributed by atoms with Crippen LogP contribution in [0.4, 0.5) is 0 Å². The summed E-state index contributed by atoms with van der Waals surface area (Å²) in [5.74, 6) is 1.05. The lowest BCUT2D eigenvalue weighted by molar-refractivity contribution is -0.132. The number of hydrogen-bond acceptors (Lipinski definition) is 4. The molecule has 2 amide bonds. The second kappa shape index (κ2) is 9.36. The molecule has 33 heavy (non-hydrogen) atoms. The molecule has 0 aliphatic carbocycles. The number of hydrogen-bond donors (Lipinski definition) is 1. The Bertz CT molecular complexity index is 1180. The van der Waals surface area contributed by atoms with E-state index < -0.39 is 5.54 Å². The number of ether oxygens (including phenoxy) is 2. The first-order valence-electron chi connectivity index (χ1n) is 10.9. The van der Waals surface area contributed by atoms with Gasteiger partial charge in [0.25, 0.3) is 5.91 Å². The van der Waals surface area contributed by atoms with Crippen LogP contribution in [0.25, 0.3) is 0 Å². The fourth-order valence-corrected chi connectivity index (χ4v) is 4.34. The van der Waals surface area contributed by atoms with Gasteiger partial charge in [0.1, 0.15) is 17.0 Å². The van der Waals surface area contributed by atoms with Crippen LogP contribution < -0.4 is 14.8 Å². The number of nitrogens with zero attached hydrogens (tertiary/aromatic N) is 1. The summed E-state index contributed by atoms with van der Waals surface area (Å²) in [4.78, 5) is 28.8. The molecule has 1 atom stereocenters. The molecule has 1 aliphatic rings. The van der Waals surface area contributed by atoms with Gasteiger partial charge in [0, 0.05) is 30.6 Å². The largest absolute Gasteiger partial charge is 0.497 e. The zero-order valence-electron chi connectivity index (χ0n) is 19.1. The first-order chi connectivity index (χ1) is 16.0. The highest BCUT2D eigenvalue weighted by molar-refractivity contribution is 6.02. The third-order valence-corrected chi connectivity index (χ3v) is 6.22. The van der Waals surface area contributed by atoms with Crippen LogP contribution in [-0.2, 0) is 24.3 Å². The highest BCUT2D eigenvalue weighted by Crippen LogP contribution is 2.33. The Morgan fingerprint density at radius 1 is 1.00 bits per heavy atom. The van der Waals surface area contributed by atoms with E-state index in [2.05, 4.69) is 5.32 Å². The van der Waals surface area contributed by atoms with Crippen molar-refractivity contribution < 1.29 is 19.1 Å². The Kier molecular flexibility index (Phi) is 6.36. The lowest BCUT2D eigenvalue weighted by Gasteiger charge is -2.44. The number of methoxy groups -OCH3 is 2. The van der Waals surface area contributed by atoms with Gasteiger partial charge in [0.05, 0.1) is 14.2 Å². The Morgan fingerprint density at radius 3 is 2.55 bits per heavy atom. The summed E-state index contributed by atoms with van der Waals surface area (Å²) in [5, 5.41) is 3.04. The lowest BCUT2D eigenvalue weighted by atomic mass is 9.82. The minimum absolute atomic E-state index is 0.158. The second-order valence-corrected chi connectivity index (χ2v) is 8.35. The molecule has 3 aromatic rings. The number of para-hydroxylation sites is 1. The molecule has 4 rings (SSSR count).